The van der Waals surface area contributed by atoms with Gasteiger partial charge in [0.2, 0.25) is 0 Å². The second kappa shape index (κ2) is 6.47. The number of hydrogen-bond acceptors (Lipinski definition) is 2. The zero-order valence-electron chi connectivity index (χ0n) is 5.26. The van der Waals surface area contributed by atoms with Crippen molar-refractivity contribution in [3.63, 3.8) is 0 Å². The summed E-state index contributed by atoms with van der Waals surface area (Å²) >= 11 is 0. The fourth-order valence-corrected chi connectivity index (χ4v) is 0.314. The summed E-state index contributed by atoms with van der Waals surface area (Å²) in [5.74, 6) is 0. The van der Waals surface area contributed by atoms with E-state index in [4.69, 9.17) is 4.84 Å². The van der Waals surface area contributed by atoms with Gasteiger partial charge in [-0.05, 0) is 13.3 Å². The molecule has 0 saturated carbocycles. The lowest BCUT2D eigenvalue weighted by molar-refractivity contribution is 0.143. The summed E-state index contributed by atoms with van der Waals surface area (Å²) in [6.07, 6.45) is 3.61. The molecular weight excluding hydrogens is 102 g/mol. The highest BCUT2D eigenvalue weighted by Gasteiger charge is 1.78. The van der Waals surface area contributed by atoms with Crippen molar-refractivity contribution in [3.05, 3.63) is 6.92 Å². The smallest absolute Gasteiger partial charge is 0.117 e. The van der Waals surface area contributed by atoms with E-state index in [0.717, 1.165) is 12.8 Å². The predicted molar refractivity (Wildman–Crippen MR) is 34.7 cm³/mol. The van der Waals surface area contributed by atoms with Gasteiger partial charge in [-0.2, -0.15) is 0 Å². The molecular formula is C6H12NO. The van der Waals surface area contributed by atoms with Gasteiger partial charge >= 0.3 is 0 Å². The minimum absolute atomic E-state index is 0.711. The molecule has 0 aliphatic rings. The van der Waals surface area contributed by atoms with Crippen molar-refractivity contribution in [1.82, 2.24) is 0 Å². The summed E-state index contributed by atoms with van der Waals surface area (Å²) in [4.78, 5) is 4.73. The van der Waals surface area contributed by atoms with Gasteiger partial charge in [-0.1, -0.05) is 18.5 Å². The first kappa shape index (κ1) is 7.47. The SMILES string of the molecule is [CH2]/C=N/OCCCC. The van der Waals surface area contributed by atoms with Gasteiger partial charge < -0.3 is 4.84 Å². The highest BCUT2D eigenvalue weighted by Crippen LogP contribution is 1.86. The Hall–Kier alpha value is -0.530. The molecule has 0 rings (SSSR count). The summed E-state index contributed by atoms with van der Waals surface area (Å²) in [6, 6.07) is 0. The second-order valence-corrected chi connectivity index (χ2v) is 1.47. The summed E-state index contributed by atoms with van der Waals surface area (Å²) in [5, 5.41) is 3.47. The van der Waals surface area contributed by atoms with Crippen LogP contribution in [0.3, 0.4) is 0 Å². The normalized spacial score (nSPS) is 10.2. The Labute approximate surface area is 50.5 Å². The van der Waals surface area contributed by atoms with E-state index in [-0.39, 0.29) is 0 Å². The molecule has 0 amide bonds. The average molecular weight is 114 g/mol. The number of unbranched alkanes of at least 4 members (excludes halogenated alkanes) is 1. The molecule has 0 heterocycles. The van der Waals surface area contributed by atoms with Gasteiger partial charge in [0.05, 0.1) is 0 Å². The van der Waals surface area contributed by atoms with Gasteiger partial charge in [-0.25, -0.2) is 0 Å². The molecule has 0 atom stereocenters. The monoisotopic (exact) mass is 114 g/mol. The molecule has 0 fully saturated rings. The number of oxime groups is 1. The molecule has 0 unspecified atom stereocenters. The molecule has 0 bridgehead atoms. The van der Waals surface area contributed by atoms with Crippen molar-refractivity contribution in [2.24, 2.45) is 5.16 Å². The van der Waals surface area contributed by atoms with Crippen LogP contribution >= 0.6 is 0 Å². The molecule has 1 radical (unpaired) electrons. The van der Waals surface area contributed by atoms with Crippen LogP contribution in [-0.4, -0.2) is 12.8 Å². The van der Waals surface area contributed by atoms with Gasteiger partial charge in [0.15, 0.2) is 0 Å². The number of nitrogens with zero attached hydrogens (tertiary/aromatic N) is 1. The van der Waals surface area contributed by atoms with E-state index in [1.54, 1.807) is 0 Å². The van der Waals surface area contributed by atoms with E-state index in [2.05, 4.69) is 19.0 Å². The van der Waals surface area contributed by atoms with Crippen LogP contribution in [0.1, 0.15) is 19.8 Å². The first-order chi connectivity index (χ1) is 3.91. The molecule has 0 spiro atoms. The van der Waals surface area contributed by atoms with E-state index >= 15 is 0 Å². The third-order valence-corrected chi connectivity index (χ3v) is 0.738. The van der Waals surface area contributed by atoms with Gasteiger partial charge in [-0.15, -0.1) is 0 Å². The first-order valence-corrected chi connectivity index (χ1v) is 2.84. The summed E-state index contributed by atoms with van der Waals surface area (Å²) in [5.41, 5.74) is 0. The Balaban J connectivity index is 2.72. The standard InChI is InChI=1S/C6H12NO/c1-3-5-6-8-7-4-2/h4H,2-3,5-6H2,1H3/b7-4+. The van der Waals surface area contributed by atoms with Crippen LogP contribution < -0.4 is 0 Å². The molecule has 0 saturated heterocycles. The maximum atomic E-state index is 4.73. The van der Waals surface area contributed by atoms with Gasteiger partial charge in [0.1, 0.15) is 6.61 Å². The third-order valence-electron chi connectivity index (χ3n) is 0.738. The summed E-state index contributed by atoms with van der Waals surface area (Å²) in [6.45, 7) is 6.19. The van der Waals surface area contributed by atoms with E-state index < -0.39 is 0 Å². The molecule has 2 heteroatoms. The van der Waals surface area contributed by atoms with Crippen molar-refractivity contribution in [2.45, 2.75) is 19.8 Å². The van der Waals surface area contributed by atoms with Crippen molar-refractivity contribution >= 4 is 6.21 Å². The number of rotatable bonds is 4. The molecule has 0 aromatic carbocycles. The van der Waals surface area contributed by atoms with Crippen LogP contribution in [0.15, 0.2) is 5.16 Å². The largest absolute Gasteiger partial charge is 0.396 e. The van der Waals surface area contributed by atoms with Gasteiger partial charge in [0.25, 0.3) is 0 Å². The number of hydrogen-bond donors (Lipinski definition) is 0. The van der Waals surface area contributed by atoms with Crippen LogP contribution in [0, 0.1) is 6.92 Å². The molecule has 0 aromatic heterocycles. The lowest BCUT2D eigenvalue weighted by Crippen LogP contribution is -1.84. The van der Waals surface area contributed by atoms with Gasteiger partial charge in [0, 0.05) is 6.21 Å². The summed E-state index contributed by atoms with van der Waals surface area (Å²) < 4.78 is 0. The van der Waals surface area contributed by atoms with Gasteiger partial charge in [-0.3, -0.25) is 0 Å². The summed E-state index contributed by atoms with van der Waals surface area (Å²) in [7, 11) is 0. The minimum Gasteiger partial charge on any atom is -0.396 e. The maximum Gasteiger partial charge on any atom is 0.117 e. The van der Waals surface area contributed by atoms with Crippen molar-refractivity contribution in [1.29, 1.82) is 0 Å². The van der Waals surface area contributed by atoms with Crippen molar-refractivity contribution in [3.8, 4) is 0 Å². The molecule has 0 aliphatic carbocycles. The van der Waals surface area contributed by atoms with Crippen LogP contribution in [0.4, 0.5) is 0 Å². The Kier molecular flexibility index (Phi) is 6.04. The maximum absolute atomic E-state index is 4.73. The fourth-order valence-electron chi connectivity index (χ4n) is 0.314. The van der Waals surface area contributed by atoms with Crippen molar-refractivity contribution in [2.75, 3.05) is 6.61 Å². The Morgan fingerprint density at radius 2 is 2.50 bits per heavy atom. The Morgan fingerprint density at radius 3 is 3.00 bits per heavy atom. The minimum atomic E-state index is 0.711. The Bertz CT molecular complexity index is 61.5. The fraction of sp³-hybridized carbons (Fsp3) is 0.667. The van der Waals surface area contributed by atoms with E-state index in [0.29, 0.717) is 6.61 Å². The molecule has 47 valence electrons. The van der Waals surface area contributed by atoms with Crippen molar-refractivity contribution < 1.29 is 4.84 Å². The van der Waals surface area contributed by atoms with Crippen LogP contribution in [0.25, 0.3) is 0 Å². The highest BCUT2D eigenvalue weighted by molar-refractivity contribution is 5.60. The lowest BCUT2D eigenvalue weighted by atomic mass is 10.4. The molecule has 8 heavy (non-hydrogen) atoms. The molecule has 0 aliphatic heterocycles. The van der Waals surface area contributed by atoms with E-state index in [1.807, 2.05) is 0 Å². The average Bonchev–Trinajstić information content (AvgIpc) is 1.81. The molecule has 2 nitrogen and oxygen atoms in total. The zero-order valence-corrected chi connectivity index (χ0v) is 5.26. The topological polar surface area (TPSA) is 21.6 Å². The second-order valence-electron chi connectivity index (χ2n) is 1.47. The Morgan fingerprint density at radius 1 is 1.75 bits per heavy atom. The van der Waals surface area contributed by atoms with Crippen LogP contribution in [0.5, 0.6) is 0 Å². The third kappa shape index (κ3) is 5.47. The quantitative estimate of drug-likeness (QED) is 0.309. The molecule has 0 N–H and O–H groups in total. The van der Waals surface area contributed by atoms with E-state index in [9.17, 15) is 0 Å². The lowest BCUT2D eigenvalue weighted by Gasteiger charge is -1.92. The van der Waals surface area contributed by atoms with Crippen LogP contribution in [-0.2, 0) is 4.84 Å². The van der Waals surface area contributed by atoms with E-state index in [1.165, 1.54) is 6.21 Å². The first-order valence-electron chi connectivity index (χ1n) is 2.84. The highest BCUT2D eigenvalue weighted by atomic mass is 16.6. The zero-order chi connectivity index (χ0) is 6.24. The predicted octanol–water partition coefficient (Wildman–Crippen LogP) is 1.62. The molecule has 0 aromatic rings. The van der Waals surface area contributed by atoms with Crippen LogP contribution in [0.2, 0.25) is 0 Å².